The highest BCUT2D eigenvalue weighted by Crippen LogP contribution is 2.53. The third-order valence-electron chi connectivity index (χ3n) is 7.82. The number of aliphatic carboxylic acids is 1. The van der Waals surface area contributed by atoms with E-state index >= 15 is 0 Å². The van der Waals surface area contributed by atoms with E-state index in [9.17, 15) is 19.5 Å². The molecular weight excluding hydrogens is 368 g/mol. The number of nitrogens with zero attached hydrogens (tertiary/aromatic N) is 1. The topological polar surface area (TPSA) is 86.7 Å². The van der Waals surface area contributed by atoms with Gasteiger partial charge >= 0.3 is 5.97 Å². The van der Waals surface area contributed by atoms with Crippen molar-refractivity contribution < 1.29 is 19.5 Å². The molecule has 1 saturated carbocycles. The highest BCUT2D eigenvalue weighted by atomic mass is 16.4. The smallest absolute Gasteiger partial charge is 0.326 e. The summed E-state index contributed by atoms with van der Waals surface area (Å²) in [6, 6.07) is -1.67. The first kappa shape index (κ1) is 21.8. The summed E-state index contributed by atoms with van der Waals surface area (Å²) in [7, 11) is 0. The highest BCUT2D eigenvalue weighted by molar-refractivity contribution is 5.93. The predicted molar refractivity (Wildman–Crippen MR) is 111 cm³/mol. The summed E-state index contributed by atoms with van der Waals surface area (Å²) in [5, 5.41) is 12.8. The number of amides is 2. The molecule has 0 aromatic heterocycles. The van der Waals surface area contributed by atoms with Crippen LogP contribution in [0.2, 0.25) is 0 Å². The van der Waals surface area contributed by atoms with E-state index in [1.807, 2.05) is 0 Å². The molecule has 6 heteroatoms. The minimum absolute atomic E-state index is 0.0135. The second-order valence-corrected chi connectivity index (χ2v) is 9.85. The van der Waals surface area contributed by atoms with Gasteiger partial charge in [0.05, 0.1) is 0 Å². The molecule has 2 N–H and O–H groups in total. The Morgan fingerprint density at radius 1 is 1.21 bits per heavy atom. The van der Waals surface area contributed by atoms with Gasteiger partial charge in [0.25, 0.3) is 0 Å². The first-order valence-corrected chi connectivity index (χ1v) is 11.1. The van der Waals surface area contributed by atoms with Gasteiger partial charge in [-0.15, -0.1) is 0 Å². The summed E-state index contributed by atoms with van der Waals surface area (Å²) < 4.78 is 0. The molecule has 2 amide bonds. The lowest BCUT2D eigenvalue weighted by Gasteiger charge is -2.51. The second kappa shape index (κ2) is 8.11. The molecule has 0 radical (unpaired) electrons. The first-order valence-electron chi connectivity index (χ1n) is 11.1. The van der Waals surface area contributed by atoms with Gasteiger partial charge in [0.1, 0.15) is 12.1 Å². The molecule has 1 spiro atoms. The number of hydrogen-bond acceptors (Lipinski definition) is 3. The average molecular weight is 405 g/mol. The summed E-state index contributed by atoms with van der Waals surface area (Å²) >= 11 is 0. The van der Waals surface area contributed by atoms with Gasteiger partial charge in [-0.05, 0) is 63.7 Å². The molecule has 1 saturated heterocycles. The molecule has 3 aliphatic rings. The lowest BCUT2D eigenvalue weighted by atomic mass is 9.58. The van der Waals surface area contributed by atoms with Crippen LogP contribution < -0.4 is 5.32 Å². The van der Waals surface area contributed by atoms with Gasteiger partial charge in [-0.25, -0.2) is 4.79 Å². The fourth-order valence-electron chi connectivity index (χ4n) is 6.02. The number of rotatable bonds is 5. The molecule has 2 aliphatic carbocycles. The van der Waals surface area contributed by atoms with Crippen molar-refractivity contribution >= 4 is 17.8 Å². The van der Waals surface area contributed by atoms with Crippen LogP contribution >= 0.6 is 0 Å². The van der Waals surface area contributed by atoms with Crippen molar-refractivity contribution in [1.82, 2.24) is 10.2 Å². The summed E-state index contributed by atoms with van der Waals surface area (Å²) in [6.45, 7) is 10.5. The Balaban J connectivity index is 1.87. The van der Waals surface area contributed by atoms with Gasteiger partial charge in [0.15, 0.2) is 0 Å². The maximum absolute atomic E-state index is 13.3. The van der Waals surface area contributed by atoms with Crippen molar-refractivity contribution in [1.29, 1.82) is 0 Å². The van der Waals surface area contributed by atoms with Crippen LogP contribution in [-0.2, 0) is 14.4 Å². The minimum atomic E-state index is -1.03. The standard InChI is InChI=1S/C23H36N2O4/c1-13(2)17-7-6-15(4)23(11-10-14(3)12-23)20(17)24-21(27)16(5)25-18(22(28)29)8-9-19(25)26/h12-13,15-18,20H,6-11H2,1-5H3,(H,24,27)(H,28,29)/t15-,16+,17+,18+,20-,23-/m1/s1. The van der Waals surface area contributed by atoms with E-state index in [2.05, 4.69) is 39.1 Å². The lowest BCUT2D eigenvalue weighted by molar-refractivity contribution is -0.150. The Morgan fingerprint density at radius 2 is 1.90 bits per heavy atom. The summed E-state index contributed by atoms with van der Waals surface area (Å²) in [4.78, 5) is 38.4. The first-order chi connectivity index (χ1) is 13.6. The Bertz CT molecular complexity index is 716. The van der Waals surface area contributed by atoms with Gasteiger partial charge in [0, 0.05) is 17.9 Å². The molecule has 6 atom stereocenters. The second-order valence-electron chi connectivity index (χ2n) is 9.85. The molecule has 2 fully saturated rings. The normalized spacial score (nSPS) is 35.9. The van der Waals surface area contributed by atoms with Crippen LogP contribution in [0.25, 0.3) is 0 Å². The third-order valence-corrected chi connectivity index (χ3v) is 7.82. The van der Waals surface area contributed by atoms with Gasteiger partial charge in [0.2, 0.25) is 11.8 Å². The molecule has 0 unspecified atom stereocenters. The van der Waals surface area contributed by atoms with Crippen molar-refractivity contribution in [3.8, 4) is 0 Å². The van der Waals surface area contributed by atoms with E-state index in [0.29, 0.717) is 17.8 Å². The van der Waals surface area contributed by atoms with Crippen molar-refractivity contribution in [2.24, 2.45) is 23.2 Å². The SMILES string of the molecule is CC1=C[C@]2(CC1)[C@H](C)CC[C@@H](C(C)C)[C@H]2NC(=O)[C@H](C)N1C(=O)CC[C@H]1C(=O)O. The largest absolute Gasteiger partial charge is 0.480 e. The van der Waals surface area contributed by atoms with Gasteiger partial charge in [-0.1, -0.05) is 32.4 Å². The molecule has 29 heavy (non-hydrogen) atoms. The van der Waals surface area contributed by atoms with Gasteiger partial charge in [-0.2, -0.15) is 0 Å². The van der Waals surface area contributed by atoms with Crippen LogP contribution in [0.3, 0.4) is 0 Å². The number of hydrogen-bond donors (Lipinski definition) is 2. The number of allylic oxidation sites excluding steroid dienone is 1. The van der Waals surface area contributed by atoms with E-state index < -0.39 is 18.1 Å². The van der Waals surface area contributed by atoms with Gasteiger partial charge in [-0.3, -0.25) is 9.59 Å². The zero-order chi connectivity index (χ0) is 21.5. The Labute approximate surface area is 174 Å². The molecule has 3 rings (SSSR count). The fraction of sp³-hybridized carbons (Fsp3) is 0.783. The van der Waals surface area contributed by atoms with Crippen LogP contribution in [0.4, 0.5) is 0 Å². The summed E-state index contributed by atoms with van der Waals surface area (Å²) in [5.41, 5.74) is 1.34. The monoisotopic (exact) mass is 404 g/mol. The minimum Gasteiger partial charge on any atom is -0.480 e. The van der Waals surface area contributed by atoms with Crippen LogP contribution in [0, 0.1) is 23.2 Å². The number of carbonyl (C=O) groups excluding carboxylic acids is 2. The number of carboxylic acid groups (broad SMARTS) is 1. The lowest BCUT2D eigenvalue weighted by Crippen LogP contribution is -2.60. The molecule has 162 valence electrons. The molecule has 0 aromatic carbocycles. The Hall–Kier alpha value is -1.85. The van der Waals surface area contributed by atoms with Crippen molar-refractivity contribution in [3.05, 3.63) is 11.6 Å². The summed E-state index contributed by atoms with van der Waals surface area (Å²) in [5.74, 6) is -0.218. The zero-order valence-electron chi connectivity index (χ0n) is 18.4. The maximum Gasteiger partial charge on any atom is 0.326 e. The summed E-state index contributed by atoms with van der Waals surface area (Å²) in [6.07, 6.45) is 7.18. The molecular formula is C23H36N2O4. The van der Waals surface area contributed by atoms with Crippen LogP contribution in [0.1, 0.15) is 73.1 Å². The number of carboxylic acids is 1. The maximum atomic E-state index is 13.3. The highest BCUT2D eigenvalue weighted by Gasteiger charge is 2.52. The van der Waals surface area contributed by atoms with Crippen LogP contribution in [-0.4, -0.2) is 45.9 Å². The van der Waals surface area contributed by atoms with Crippen LogP contribution in [0.15, 0.2) is 11.6 Å². The van der Waals surface area contributed by atoms with E-state index in [1.54, 1.807) is 6.92 Å². The number of likely N-dealkylation sites (tertiary alicyclic amines) is 1. The molecule has 1 aliphatic heterocycles. The third kappa shape index (κ3) is 3.82. The molecule has 1 heterocycles. The van der Waals surface area contributed by atoms with E-state index in [0.717, 1.165) is 25.7 Å². The van der Waals surface area contributed by atoms with Crippen molar-refractivity contribution in [3.63, 3.8) is 0 Å². The number of nitrogens with one attached hydrogen (secondary N) is 1. The average Bonchev–Trinajstić information content (AvgIpc) is 3.22. The van der Waals surface area contributed by atoms with E-state index in [4.69, 9.17) is 0 Å². The fourth-order valence-corrected chi connectivity index (χ4v) is 6.02. The molecule has 0 aromatic rings. The van der Waals surface area contributed by atoms with Gasteiger partial charge < -0.3 is 15.3 Å². The molecule has 6 nitrogen and oxygen atoms in total. The van der Waals surface area contributed by atoms with E-state index in [-0.39, 0.29) is 36.1 Å². The van der Waals surface area contributed by atoms with Crippen molar-refractivity contribution in [2.75, 3.05) is 0 Å². The Kier molecular flexibility index (Phi) is 6.11. The van der Waals surface area contributed by atoms with Crippen molar-refractivity contribution in [2.45, 2.75) is 91.3 Å². The quantitative estimate of drug-likeness (QED) is 0.688. The molecule has 0 bridgehead atoms. The van der Waals surface area contributed by atoms with E-state index in [1.165, 1.54) is 10.5 Å². The Morgan fingerprint density at radius 3 is 2.45 bits per heavy atom. The zero-order valence-corrected chi connectivity index (χ0v) is 18.4. The number of carbonyl (C=O) groups is 3. The predicted octanol–water partition coefficient (Wildman–Crippen LogP) is 3.36. The van der Waals surface area contributed by atoms with Crippen LogP contribution in [0.5, 0.6) is 0 Å².